The minimum Gasteiger partial charge on any atom is -0.328 e. The fourth-order valence-corrected chi connectivity index (χ4v) is 1.32. The highest BCUT2D eigenvalue weighted by atomic mass is 15.1. The third-order valence-electron chi connectivity index (χ3n) is 2.48. The van der Waals surface area contributed by atoms with Crippen LogP contribution in [0.4, 0.5) is 0 Å². The Bertz CT molecular complexity index is 93.7. The molecule has 0 spiro atoms. The van der Waals surface area contributed by atoms with Gasteiger partial charge in [0.15, 0.2) is 0 Å². The van der Waals surface area contributed by atoms with Crippen LogP contribution < -0.4 is 5.73 Å². The Hall–Kier alpha value is -0.0800. The lowest BCUT2D eigenvalue weighted by Gasteiger charge is -2.18. The van der Waals surface area contributed by atoms with Crippen molar-refractivity contribution >= 4 is 0 Å². The smallest absolute Gasteiger partial charge is 0.00388 e. The van der Waals surface area contributed by atoms with E-state index < -0.39 is 0 Å². The molecule has 2 nitrogen and oxygen atoms in total. The molecular formula is C9H20N2. The van der Waals surface area contributed by atoms with Crippen molar-refractivity contribution < 1.29 is 0 Å². The van der Waals surface area contributed by atoms with Crippen LogP contribution in [0.1, 0.15) is 32.1 Å². The SMILES string of the molecule is CN1CCCC1.NC1CCC1. The van der Waals surface area contributed by atoms with E-state index in [4.69, 9.17) is 5.73 Å². The Kier molecular flexibility index (Phi) is 3.87. The Morgan fingerprint density at radius 1 is 1.09 bits per heavy atom. The Balaban J connectivity index is 0.000000112. The van der Waals surface area contributed by atoms with Gasteiger partial charge in [-0.25, -0.2) is 0 Å². The van der Waals surface area contributed by atoms with Gasteiger partial charge in [0.1, 0.15) is 0 Å². The van der Waals surface area contributed by atoms with Crippen molar-refractivity contribution in [2.24, 2.45) is 5.73 Å². The first-order chi connectivity index (χ1) is 5.29. The van der Waals surface area contributed by atoms with Crippen molar-refractivity contribution in [1.82, 2.24) is 4.90 Å². The molecule has 0 aromatic carbocycles. The molecule has 2 fully saturated rings. The Labute approximate surface area is 69.8 Å². The molecule has 0 aromatic rings. The molecule has 66 valence electrons. The van der Waals surface area contributed by atoms with Gasteiger partial charge in [0.25, 0.3) is 0 Å². The van der Waals surface area contributed by atoms with E-state index >= 15 is 0 Å². The van der Waals surface area contributed by atoms with Gasteiger partial charge in [-0.3, -0.25) is 0 Å². The summed E-state index contributed by atoms with van der Waals surface area (Å²) >= 11 is 0. The molecule has 2 rings (SSSR count). The van der Waals surface area contributed by atoms with Gasteiger partial charge in [0, 0.05) is 6.04 Å². The molecule has 1 saturated carbocycles. The lowest BCUT2D eigenvalue weighted by Crippen LogP contribution is -2.27. The van der Waals surface area contributed by atoms with Gasteiger partial charge in [-0.15, -0.1) is 0 Å². The molecular weight excluding hydrogens is 136 g/mol. The van der Waals surface area contributed by atoms with Crippen molar-refractivity contribution in [3.8, 4) is 0 Å². The van der Waals surface area contributed by atoms with Gasteiger partial charge in [0.05, 0.1) is 0 Å². The minimum absolute atomic E-state index is 0.565. The van der Waals surface area contributed by atoms with Crippen LogP contribution in [0.3, 0.4) is 0 Å². The summed E-state index contributed by atoms with van der Waals surface area (Å²) < 4.78 is 0. The fourth-order valence-electron chi connectivity index (χ4n) is 1.32. The van der Waals surface area contributed by atoms with Crippen molar-refractivity contribution in [1.29, 1.82) is 0 Å². The average molecular weight is 156 g/mol. The lowest BCUT2D eigenvalue weighted by atomic mass is 9.95. The molecule has 1 saturated heterocycles. The predicted molar refractivity (Wildman–Crippen MR) is 48.6 cm³/mol. The number of likely N-dealkylation sites (tertiary alicyclic amines) is 1. The van der Waals surface area contributed by atoms with Crippen LogP contribution in [0.25, 0.3) is 0 Å². The van der Waals surface area contributed by atoms with Gasteiger partial charge >= 0.3 is 0 Å². The van der Waals surface area contributed by atoms with Crippen molar-refractivity contribution in [3.63, 3.8) is 0 Å². The molecule has 0 unspecified atom stereocenters. The minimum atomic E-state index is 0.565. The van der Waals surface area contributed by atoms with E-state index in [2.05, 4.69) is 11.9 Å². The van der Waals surface area contributed by atoms with E-state index in [1.54, 1.807) is 0 Å². The molecule has 1 aliphatic carbocycles. The molecule has 1 aliphatic heterocycles. The van der Waals surface area contributed by atoms with Crippen LogP contribution in [0, 0.1) is 0 Å². The van der Waals surface area contributed by atoms with Crippen LogP contribution in [0.15, 0.2) is 0 Å². The normalized spacial score (nSPS) is 25.6. The second-order valence-electron chi connectivity index (χ2n) is 3.70. The molecule has 0 amide bonds. The third kappa shape index (κ3) is 3.73. The zero-order valence-electron chi connectivity index (χ0n) is 7.55. The highest BCUT2D eigenvalue weighted by Gasteiger charge is 2.09. The monoisotopic (exact) mass is 156 g/mol. The molecule has 2 heteroatoms. The van der Waals surface area contributed by atoms with E-state index in [1.807, 2.05) is 0 Å². The van der Waals surface area contributed by atoms with E-state index in [9.17, 15) is 0 Å². The summed E-state index contributed by atoms with van der Waals surface area (Å²) in [4.78, 5) is 2.36. The van der Waals surface area contributed by atoms with Crippen LogP contribution in [0.5, 0.6) is 0 Å². The van der Waals surface area contributed by atoms with E-state index in [1.165, 1.54) is 45.2 Å². The highest BCUT2D eigenvalue weighted by molar-refractivity contribution is 4.70. The topological polar surface area (TPSA) is 29.3 Å². The third-order valence-corrected chi connectivity index (χ3v) is 2.48. The highest BCUT2D eigenvalue weighted by Crippen LogP contribution is 2.14. The molecule has 0 bridgehead atoms. The molecule has 2 N–H and O–H groups in total. The van der Waals surface area contributed by atoms with E-state index in [0.29, 0.717) is 6.04 Å². The standard InChI is InChI=1S/C5H11N.C4H9N/c1-6-4-2-3-5-6;5-4-2-1-3-4/h2-5H2,1H3;4H,1-3,5H2. The first kappa shape index (κ1) is 9.01. The first-order valence-corrected chi connectivity index (χ1v) is 4.73. The van der Waals surface area contributed by atoms with Crippen molar-refractivity contribution in [3.05, 3.63) is 0 Å². The molecule has 0 aromatic heterocycles. The van der Waals surface area contributed by atoms with Gasteiger partial charge < -0.3 is 10.6 Å². The second-order valence-corrected chi connectivity index (χ2v) is 3.70. The number of nitrogens with zero attached hydrogens (tertiary/aromatic N) is 1. The summed E-state index contributed by atoms with van der Waals surface area (Å²) in [6.45, 7) is 2.64. The molecule has 11 heavy (non-hydrogen) atoms. The summed E-state index contributed by atoms with van der Waals surface area (Å²) in [5, 5.41) is 0. The summed E-state index contributed by atoms with van der Waals surface area (Å²) in [7, 11) is 2.17. The Morgan fingerprint density at radius 2 is 1.55 bits per heavy atom. The van der Waals surface area contributed by atoms with Crippen LogP contribution in [0.2, 0.25) is 0 Å². The number of hydrogen-bond donors (Lipinski definition) is 1. The maximum atomic E-state index is 5.38. The zero-order chi connectivity index (χ0) is 8.10. The second kappa shape index (κ2) is 4.73. The van der Waals surface area contributed by atoms with Crippen LogP contribution in [-0.2, 0) is 0 Å². The van der Waals surface area contributed by atoms with Crippen molar-refractivity contribution in [2.75, 3.05) is 20.1 Å². The number of rotatable bonds is 0. The van der Waals surface area contributed by atoms with Crippen LogP contribution >= 0.6 is 0 Å². The van der Waals surface area contributed by atoms with Gasteiger partial charge in [-0.2, -0.15) is 0 Å². The summed E-state index contributed by atoms with van der Waals surface area (Å²) in [6.07, 6.45) is 6.72. The molecule has 0 atom stereocenters. The zero-order valence-corrected chi connectivity index (χ0v) is 7.55. The van der Waals surface area contributed by atoms with E-state index in [0.717, 1.165) is 0 Å². The molecule has 0 radical (unpaired) electrons. The molecule has 1 heterocycles. The maximum Gasteiger partial charge on any atom is 0.00388 e. The van der Waals surface area contributed by atoms with Gasteiger partial charge in [0.2, 0.25) is 0 Å². The van der Waals surface area contributed by atoms with E-state index in [-0.39, 0.29) is 0 Å². The summed E-state index contributed by atoms with van der Waals surface area (Å²) in [5.41, 5.74) is 5.38. The van der Waals surface area contributed by atoms with Crippen molar-refractivity contribution in [2.45, 2.75) is 38.1 Å². The average Bonchev–Trinajstić information content (AvgIpc) is 2.36. The first-order valence-electron chi connectivity index (χ1n) is 4.73. The predicted octanol–water partition coefficient (Wildman–Crippen LogP) is 1.21. The fraction of sp³-hybridized carbons (Fsp3) is 1.00. The number of hydrogen-bond acceptors (Lipinski definition) is 2. The van der Waals surface area contributed by atoms with Crippen LogP contribution in [-0.4, -0.2) is 31.1 Å². The largest absolute Gasteiger partial charge is 0.328 e. The van der Waals surface area contributed by atoms with Gasteiger partial charge in [-0.1, -0.05) is 6.42 Å². The summed E-state index contributed by atoms with van der Waals surface area (Å²) in [5.74, 6) is 0. The lowest BCUT2D eigenvalue weighted by molar-refractivity contribution is 0.418. The van der Waals surface area contributed by atoms with Gasteiger partial charge in [-0.05, 0) is 45.8 Å². The molecule has 2 aliphatic rings. The maximum absolute atomic E-state index is 5.38. The Morgan fingerprint density at radius 3 is 1.64 bits per heavy atom. The number of nitrogens with two attached hydrogens (primary N) is 1. The summed E-state index contributed by atoms with van der Waals surface area (Å²) in [6, 6.07) is 0.565. The quantitative estimate of drug-likeness (QED) is 0.571.